The van der Waals surface area contributed by atoms with Crippen molar-refractivity contribution < 1.29 is 14.3 Å². The van der Waals surface area contributed by atoms with Crippen LogP contribution in [0.1, 0.15) is 113 Å². The van der Waals surface area contributed by atoms with Crippen molar-refractivity contribution in [2.75, 3.05) is 13.2 Å². The molecule has 4 nitrogen and oxygen atoms in total. The first-order chi connectivity index (χ1) is 17.3. The van der Waals surface area contributed by atoms with E-state index in [0.29, 0.717) is 48.5 Å². The van der Waals surface area contributed by atoms with Crippen LogP contribution in [-0.4, -0.2) is 25.0 Å². The van der Waals surface area contributed by atoms with Crippen LogP contribution in [0.5, 0.6) is 0 Å². The molecule has 0 aromatic rings. The number of fused-ring (bicyclic) bond motifs is 7. The van der Waals surface area contributed by atoms with Gasteiger partial charge in [0.15, 0.2) is 0 Å². The monoisotopic (exact) mass is 511 g/mol. The molecule has 5 aliphatic rings. The number of alkyl carbamates (subject to hydrolysis) is 1. The summed E-state index contributed by atoms with van der Waals surface area (Å²) in [5.74, 6) is 3.39. The molecule has 0 aliphatic heterocycles. The van der Waals surface area contributed by atoms with Crippen LogP contribution < -0.4 is 5.32 Å². The van der Waals surface area contributed by atoms with Crippen molar-refractivity contribution in [1.29, 1.82) is 0 Å². The highest BCUT2D eigenvalue weighted by atomic mass is 16.5. The van der Waals surface area contributed by atoms with Gasteiger partial charge in [0, 0.05) is 23.8 Å². The lowest BCUT2D eigenvalue weighted by atomic mass is 9.32. The smallest absolute Gasteiger partial charge is 0.407 e. The maximum atomic E-state index is 13.0. The number of carbonyl (C=O) groups excluding carboxylic acids is 2. The number of ether oxygens (including phenoxy) is 1. The Bertz CT molecular complexity index is 971. The van der Waals surface area contributed by atoms with Crippen molar-refractivity contribution in [3.63, 3.8) is 0 Å². The zero-order chi connectivity index (χ0) is 27.0. The van der Waals surface area contributed by atoms with Crippen molar-refractivity contribution in [2.24, 2.45) is 56.7 Å². The van der Waals surface area contributed by atoms with Crippen LogP contribution in [0.2, 0.25) is 0 Å². The van der Waals surface area contributed by atoms with Crippen molar-refractivity contribution in [2.45, 2.75) is 113 Å². The fraction of sp³-hybridized carbons (Fsp3) is 0.879. The largest absolute Gasteiger partial charge is 0.449 e. The minimum atomic E-state index is -0.265. The summed E-state index contributed by atoms with van der Waals surface area (Å²) in [6.45, 7) is 22.2. The van der Waals surface area contributed by atoms with E-state index in [-0.39, 0.29) is 33.2 Å². The minimum Gasteiger partial charge on any atom is -0.449 e. The van der Waals surface area contributed by atoms with Gasteiger partial charge in [0.25, 0.3) is 0 Å². The number of hydrogen-bond donors (Lipinski definition) is 1. The van der Waals surface area contributed by atoms with Crippen molar-refractivity contribution >= 4 is 11.9 Å². The average Bonchev–Trinajstić information content (AvgIpc) is 3.21. The molecule has 0 aromatic carbocycles. The number of hydrogen-bond acceptors (Lipinski definition) is 3. The first-order valence-electron chi connectivity index (χ1n) is 15.4. The van der Waals surface area contributed by atoms with Gasteiger partial charge in [-0.05, 0) is 117 Å². The third kappa shape index (κ3) is 3.65. The maximum Gasteiger partial charge on any atom is 0.407 e. The van der Waals surface area contributed by atoms with Gasteiger partial charge < -0.3 is 10.1 Å². The molecule has 0 heterocycles. The highest BCUT2D eigenvalue weighted by Gasteiger charge is 2.71. The summed E-state index contributed by atoms with van der Waals surface area (Å²) in [6.07, 6.45) is 11.3. The number of allylic oxidation sites excluding steroid dienone is 1. The second kappa shape index (κ2) is 8.85. The molecular formula is C33H53NO3. The van der Waals surface area contributed by atoms with Crippen LogP contribution >= 0.6 is 0 Å². The Balaban J connectivity index is 1.49. The number of amides is 1. The summed E-state index contributed by atoms with van der Waals surface area (Å²) in [5.41, 5.74) is 2.02. The lowest BCUT2D eigenvalue weighted by Crippen LogP contribution is -2.66. The molecule has 0 saturated heterocycles. The summed E-state index contributed by atoms with van der Waals surface area (Å²) in [7, 11) is 0. The molecule has 5 saturated carbocycles. The fourth-order valence-corrected chi connectivity index (χ4v) is 11.7. The minimum absolute atomic E-state index is 0.0857. The Morgan fingerprint density at radius 2 is 1.68 bits per heavy atom. The van der Waals surface area contributed by atoms with E-state index in [1.165, 1.54) is 44.1 Å². The highest BCUT2D eigenvalue weighted by Crippen LogP contribution is 2.77. The van der Waals surface area contributed by atoms with Gasteiger partial charge in [-0.25, -0.2) is 4.79 Å². The molecule has 4 heteroatoms. The summed E-state index contributed by atoms with van der Waals surface area (Å²) in [6, 6.07) is 0. The molecule has 0 bridgehead atoms. The second-order valence-electron chi connectivity index (χ2n) is 15.3. The van der Waals surface area contributed by atoms with Gasteiger partial charge in [0.05, 0.1) is 6.61 Å². The number of ketones is 1. The predicted octanol–water partition coefficient (Wildman–Crippen LogP) is 7.96. The third-order valence-corrected chi connectivity index (χ3v) is 13.8. The van der Waals surface area contributed by atoms with E-state index >= 15 is 0 Å². The topological polar surface area (TPSA) is 55.4 Å². The molecule has 1 amide bonds. The number of carbonyl (C=O) groups is 2. The normalized spacial score (nSPS) is 48.2. The second-order valence-corrected chi connectivity index (χ2v) is 15.3. The van der Waals surface area contributed by atoms with Crippen LogP contribution in [0, 0.1) is 56.7 Å². The Morgan fingerprint density at radius 1 is 0.946 bits per heavy atom. The van der Waals surface area contributed by atoms with Gasteiger partial charge in [0.2, 0.25) is 0 Å². The van der Waals surface area contributed by atoms with Gasteiger partial charge in [0.1, 0.15) is 5.78 Å². The van der Waals surface area contributed by atoms with E-state index in [4.69, 9.17) is 4.74 Å². The van der Waals surface area contributed by atoms with Gasteiger partial charge in [-0.1, -0.05) is 46.8 Å². The maximum absolute atomic E-state index is 13.0. The van der Waals surface area contributed by atoms with Crippen molar-refractivity contribution in [1.82, 2.24) is 5.32 Å². The standard InChI is InChI=1S/C33H53NO3/c1-9-34-28(36)37-20-33-17-12-22(21(2)3)27(33)23-10-11-25-30(6)15-14-26(35)29(4,5)24(30)13-16-32(25,8)31(23,7)18-19-33/h22-25,27H,2,9-20H2,1,3-8H3,(H,34,36)/t22-,23+,24-,25+,27+,30-,31+,32+,33+/m0/s1. The average molecular weight is 512 g/mol. The molecule has 0 radical (unpaired) electrons. The van der Waals surface area contributed by atoms with Crippen LogP contribution in [-0.2, 0) is 9.53 Å². The van der Waals surface area contributed by atoms with Crippen LogP contribution in [0.3, 0.4) is 0 Å². The number of Topliss-reactive ketones (excluding diaryl/α,β-unsaturated/α-hetero) is 1. The highest BCUT2D eigenvalue weighted by molar-refractivity contribution is 5.85. The lowest BCUT2D eigenvalue weighted by Gasteiger charge is -2.72. The van der Waals surface area contributed by atoms with E-state index in [2.05, 4.69) is 53.4 Å². The molecule has 9 atom stereocenters. The van der Waals surface area contributed by atoms with Crippen LogP contribution in [0.4, 0.5) is 4.79 Å². The Morgan fingerprint density at radius 3 is 2.35 bits per heavy atom. The van der Waals surface area contributed by atoms with Gasteiger partial charge in [-0.3, -0.25) is 4.79 Å². The lowest BCUT2D eigenvalue weighted by molar-refractivity contribution is -0.236. The molecule has 0 unspecified atom stereocenters. The van der Waals surface area contributed by atoms with Crippen LogP contribution in [0.15, 0.2) is 12.2 Å². The molecule has 1 N–H and O–H groups in total. The first-order valence-corrected chi connectivity index (χ1v) is 15.4. The zero-order valence-corrected chi connectivity index (χ0v) is 24.8. The molecule has 5 rings (SSSR count). The summed E-state index contributed by atoms with van der Waals surface area (Å²) in [4.78, 5) is 25.3. The van der Waals surface area contributed by atoms with Gasteiger partial charge in [-0.15, -0.1) is 0 Å². The Kier molecular flexibility index (Phi) is 6.52. The molecule has 0 spiro atoms. The Labute approximate surface area is 226 Å². The van der Waals surface area contributed by atoms with E-state index in [1.54, 1.807) is 0 Å². The summed E-state index contributed by atoms with van der Waals surface area (Å²) in [5, 5.41) is 2.84. The molecule has 0 aromatic heterocycles. The van der Waals surface area contributed by atoms with Crippen LogP contribution in [0.25, 0.3) is 0 Å². The summed E-state index contributed by atoms with van der Waals surface area (Å²) >= 11 is 0. The van der Waals surface area contributed by atoms with E-state index in [0.717, 1.165) is 25.7 Å². The number of rotatable bonds is 4. The fourth-order valence-electron chi connectivity index (χ4n) is 11.7. The first kappa shape index (κ1) is 27.3. The van der Waals surface area contributed by atoms with Crippen molar-refractivity contribution in [3.05, 3.63) is 12.2 Å². The molecule has 208 valence electrons. The van der Waals surface area contributed by atoms with Crippen molar-refractivity contribution in [3.8, 4) is 0 Å². The van der Waals surface area contributed by atoms with E-state index in [9.17, 15) is 9.59 Å². The SMILES string of the molecule is C=C(C)[C@@H]1CC[C@]2(COC(=O)NCC)CC[C@]3(C)[C@H](CC[C@@H]4[C@@]5(C)CCC(=O)C(C)(C)[C@@H]5CC[C@]43C)[C@@H]12. The van der Waals surface area contributed by atoms with E-state index < -0.39 is 0 Å². The van der Waals surface area contributed by atoms with Gasteiger partial charge in [-0.2, -0.15) is 0 Å². The Hall–Kier alpha value is -1.32. The molecule has 5 fully saturated rings. The van der Waals surface area contributed by atoms with E-state index in [1.807, 2.05) is 6.92 Å². The molecular weight excluding hydrogens is 458 g/mol. The predicted molar refractivity (Wildman–Crippen MR) is 149 cm³/mol. The van der Waals surface area contributed by atoms with Gasteiger partial charge >= 0.3 is 6.09 Å². The number of nitrogens with one attached hydrogen (secondary N) is 1. The quantitative estimate of drug-likeness (QED) is 0.390. The molecule has 5 aliphatic carbocycles. The zero-order valence-electron chi connectivity index (χ0n) is 24.8. The third-order valence-electron chi connectivity index (χ3n) is 13.8. The molecule has 37 heavy (non-hydrogen) atoms. The summed E-state index contributed by atoms with van der Waals surface area (Å²) < 4.78 is 5.91.